The van der Waals surface area contributed by atoms with E-state index in [2.05, 4.69) is 10.6 Å². The molecule has 0 bridgehead atoms. The van der Waals surface area contributed by atoms with Gasteiger partial charge in [-0.05, 0) is 35.1 Å². The lowest BCUT2D eigenvalue weighted by molar-refractivity contribution is -0.124. The van der Waals surface area contributed by atoms with Gasteiger partial charge in [-0.15, -0.1) is 11.3 Å². The molecule has 0 aliphatic carbocycles. The van der Waals surface area contributed by atoms with E-state index in [1.807, 2.05) is 19.2 Å². The molecule has 2 rings (SSSR count). The van der Waals surface area contributed by atoms with Crippen LogP contribution in [0.25, 0.3) is 0 Å². The van der Waals surface area contributed by atoms with Gasteiger partial charge in [-0.3, -0.25) is 14.4 Å². The summed E-state index contributed by atoms with van der Waals surface area (Å²) < 4.78 is 0. The summed E-state index contributed by atoms with van der Waals surface area (Å²) in [7, 11) is 0. The lowest BCUT2D eigenvalue weighted by Crippen LogP contribution is -2.49. The minimum atomic E-state index is -0.645. The molecule has 0 radical (unpaired) electrons. The Morgan fingerprint density at radius 2 is 1.92 bits per heavy atom. The van der Waals surface area contributed by atoms with E-state index in [1.165, 1.54) is 11.3 Å². The minimum absolute atomic E-state index is 0.0686. The molecule has 1 atom stereocenters. The molecule has 4 N–H and O–H groups in total. The van der Waals surface area contributed by atoms with Gasteiger partial charge >= 0.3 is 0 Å². The van der Waals surface area contributed by atoms with Crippen LogP contribution in [0.15, 0.2) is 41.8 Å². The van der Waals surface area contributed by atoms with Crippen LogP contribution in [0, 0.1) is 5.92 Å². The molecule has 7 heteroatoms. The maximum Gasteiger partial charge on any atom is 0.262 e. The van der Waals surface area contributed by atoms with Gasteiger partial charge in [0, 0.05) is 12.1 Å². The summed E-state index contributed by atoms with van der Waals surface area (Å²) in [5, 5.41) is 7.38. The number of nitrogens with two attached hydrogens (primary N) is 1. The first-order chi connectivity index (χ1) is 11.9. The van der Waals surface area contributed by atoms with Crippen LogP contribution in [0.3, 0.4) is 0 Å². The summed E-state index contributed by atoms with van der Waals surface area (Å²) in [4.78, 5) is 36.4. The summed E-state index contributed by atoms with van der Waals surface area (Å²) in [5.74, 6) is -1.12. The zero-order valence-corrected chi connectivity index (χ0v) is 14.9. The van der Waals surface area contributed by atoms with Crippen molar-refractivity contribution in [3.8, 4) is 0 Å². The fraction of sp³-hybridized carbons (Fsp3) is 0.278. The molecule has 1 aromatic heterocycles. The fourth-order valence-corrected chi connectivity index (χ4v) is 2.92. The van der Waals surface area contributed by atoms with Gasteiger partial charge in [0.2, 0.25) is 11.8 Å². The topological polar surface area (TPSA) is 101 Å². The number of carbonyl (C=O) groups excluding carboxylic acids is 3. The Morgan fingerprint density at radius 3 is 2.52 bits per heavy atom. The second kappa shape index (κ2) is 8.43. The molecule has 0 spiro atoms. The summed E-state index contributed by atoms with van der Waals surface area (Å²) >= 11 is 1.32. The van der Waals surface area contributed by atoms with Gasteiger partial charge in [-0.2, -0.15) is 0 Å². The van der Waals surface area contributed by atoms with E-state index >= 15 is 0 Å². The van der Waals surface area contributed by atoms with E-state index in [0.717, 1.165) is 5.56 Å². The van der Waals surface area contributed by atoms with Gasteiger partial charge in [0.05, 0.1) is 4.88 Å². The van der Waals surface area contributed by atoms with Gasteiger partial charge in [-0.1, -0.05) is 32.0 Å². The lowest BCUT2D eigenvalue weighted by atomic mass is 10.0. The monoisotopic (exact) mass is 359 g/mol. The quantitative estimate of drug-likeness (QED) is 0.704. The van der Waals surface area contributed by atoms with Gasteiger partial charge < -0.3 is 16.4 Å². The van der Waals surface area contributed by atoms with Crippen molar-refractivity contribution in [3.05, 3.63) is 57.8 Å². The number of rotatable bonds is 7. The Labute approximate surface area is 150 Å². The molecule has 6 nitrogen and oxygen atoms in total. The Hall–Kier alpha value is -2.67. The highest BCUT2D eigenvalue weighted by Gasteiger charge is 2.24. The van der Waals surface area contributed by atoms with Gasteiger partial charge in [0.15, 0.2) is 0 Å². The van der Waals surface area contributed by atoms with Gasteiger partial charge in [0.1, 0.15) is 6.04 Å². The third-order valence-corrected chi connectivity index (χ3v) is 4.53. The van der Waals surface area contributed by atoms with Crippen molar-refractivity contribution in [2.24, 2.45) is 11.7 Å². The van der Waals surface area contributed by atoms with E-state index < -0.39 is 11.9 Å². The second-order valence-corrected chi connectivity index (χ2v) is 6.90. The van der Waals surface area contributed by atoms with Crippen LogP contribution in [0.4, 0.5) is 0 Å². The molecule has 0 saturated carbocycles. The number of amides is 3. The molecule has 0 fully saturated rings. The SMILES string of the molecule is CC(C)[C@@H](NC(=O)c1cccs1)C(=O)NCc1cccc(C(N)=O)c1. The van der Waals surface area contributed by atoms with Crippen LogP contribution >= 0.6 is 11.3 Å². The maximum atomic E-state index is 12.5. The third kappa shape index (κ3) is 5.15. The molecule has 0 aliphatic heterocycles. The van der Waals surface area contributed by atoms with Crippen molar-refractivity contribution >= 4 is 29.1 Å². The molecule has 132 valence electrons. The average molecular weight is 359 g/mol. The van der Waals surface area contributed by atoms with Crippen molar-refractivity contribution < 1.29 is 14.4 Å². The first-order valence-corrected chi connectivity index (χ1v) is 8.77. The minimum Gasteiger partial charge on any atom is -0.366 e. The Balaban J connectivity index is 1.99. The smallest absolute Gasteiger partial charge is 0.262 e. The highest BCUT2D eigenvalue weighted by atomic mass is 32.1. The largest absolute Gasteiger partial charge is 0.366 e. The molecule has 0 aliphatic rings. The number of benzene rings is 1. The van der Waals surface area contributed by atoms with Crippen molar-refractivity contribution in [1.29, 1.82) is 0 Å². The van der Waals surface area contributed by atoms with Crippen LogP contribution in [0.2, 0.25) is 0 Å². The standard InChI is InChI=1S/C18H21N3O3S/c1-11(2)15(21-17(23)14-7-4-8-25-14)18(24)20-10-12-5-3-6-13(9-12)16(19)22/h3-9,11,15H,10H2,1-2H3,(H2,19,22)(H,20,24)(H,21,23)/t15-/m1/s1. The zero-order valence-electron chi connectivity index (χ0n) is 14.1. The number of thiophene rings is 1. The summed E-state index contributed by atoms with van der Waals surface area (Å²) in [6.45, 7) is 3.98. The van der Waals surface area contributed by atoms with Crippen LogP contribution in [0.1, 0.15) is 39.4 Å². The Kier molecular flexibility index (Phi) is 6.30. The van der Waals surface area contributed by atoms with Crippen molar-refractivity contribution in [3.63, 3.8) is 0 Å². The van der Waals surface area contributed by atoms with Crippen LogP contribution in [0.5, 0.6) is 0 Å². The van der Waals surface area contributed by atoms with Gasteiger partial charge in [0.25, 0.3) is 5.91 Å². The lowest BCUT2D eigenvalue weighted by Gasteiger charge is -2.21. The average Bonchev–Trinajstić information content (AvgIpc) is 3.12. The molecular formula is C18H21N3O3S. The molecule has 3 amide bonds. The van der Waals surface area contributed by atoms with Crippen molar-refractivity contribution in [1.82, 2.24) is 10.6 Å². The predicted octanol–water partition coefficient (Wildman–Crippen LogP) is 1.92. The van der Waals surface area contributed by atoms with Gasteiger partial charge in [-0.25, -0.2) is 0 Å². The number of primary amides is 1. The first-order valence-electron chi connectivity index (χ1n) is 7.89. The fourth-order valence-electron chi connectivity index (χ4n) is 2.29. The van der Waals surface area contributed by atoms with Crippen LogP contribution in [-0.2, 0) is 11.3 Å². The van der Waals surface area contributed by atoms with Crippen molar-refractivity contribution in [2.75, 3.05) is 0 Å². The normalized spacial score (nSPS) is 11.8. The van der Waals surface area contributed by atoms with E-state index in [-0.39, 0.29) is 24.3 Å². The third-order valence-electron chi connectivity index (χ3n) is 3.66. The van der Waals surface area contributed by atoms with E-state index in [4.69, 9.17) is 5.73 Å². The molecular weight excluding hydrogens is 338 g/mol. The molecule has 2 aromatic rings. The highest BCUT2D eigenvalue weighted by Crippen LogP contribution is 2.11. The number of hydrogen-bond acceptors (Lipinski definition) is 4. The van der Waals surface area contributed by atoms with Crippen molar-refractivity contribution in [2.45, 2.75) is 26.4 Å². The number of nitrogens with one attached hydrogen (secondary N) is 2. The zero-order chi connectivity index (χ0) is 18.4. The highest BCUT2D eigenvalue weighted by molar-refractivity contribution is 7.12. The van der Waals surface area contributed by atoms with E-state index in [1.54, 1.807) is 36.4 Å². The molecule has 25 heavy (non-hydrogen) atoms. The van der Waals surface area contributed by atoms with E-state index in [0.29, 0.717) is 10.4 Å². The first kappa shape index (κ1) is 18.7. The maximum absolute atomic E-state index is 12.5. The molecule has 0 unspecified atom stereocenters. The molecule has 1 heterocycles. The molecule has 0 saturated heterocycles. The second-order valence-electron chi connectivity index (χ2n) is 5.95. The summed E-state index contributed by atoms with van der Waals surface area (Å²) in [6, 6.07) is 9.61. The van der Waals surface area contributed by atoms with E-state index in [9.17, 15) is 14.4 Å². The number of carbonyl (C=O) groups is 3. The molecule has 1 aromatic carbocycles. The Bertz CT molecular complexity index is 757. The number of hydrogen-bond donors (Lipinski definition) is 3. The Morgan fingerprint density at radius 1 is 1.16 bits per heavy atom. The summed E-state index contributed by atoms with van der Waals surface area (Å²) in [5.41, 5.74) is 6.40. The summed E-state index contributed by atoms with van der Waals surface area (Å²) in [6.07, 6.45) is 0. The van der Waals surface area contributed by atoms with Crippen LogP contribution in [-0.4, -0.2) is 23.8 Å². The predicted molar refractivity (Wildman–Crippen MR) is 97.2 cm³/mol. The van der Waals surface area contributed by atoms with Crippen LogP contribution < -0.4 is 16.4 Å².